The van der Waals surface area contributed by atoms with Crippen molar-refractivity contribution in [3.05, 3.63) is 52.5 Å². The Bertz CT molecular complexity index is 759. The zero-order chi connectivity index (χ0) is 16.9. The van der Waals surface area contributed by atoms with Crippen LogP contribution < -0.4 is 4.74 Å². The lowest BCUT2D eigenvalue weighted by molar-refractivity contribution is 0.482. The molecule has 0 N–H and O–H groups in total. The van der Waals surface area contributed by atoms with Crippen LogP contribution in [-0.4, -0.2) is 26.2 Å². The largest absolute Gasteiger partial charge is 0.457 e. The van der Waals surface area contributed by atoms with E-state index in [-0.39, 0.29) is 5.75 Å². The van der Waals surface area contributed by atoms with Gasteiger partial charge in [-0.3, -0.25) is 0 Å². The summed E-state index contributed by atoms with van der Waals surface area (Å²) in [4.78, 5) is 0.306. The number of halogens is 2. The van der Waals surface area contributed by atoms with Gasteiger partial charge in [-0.1, -0.05) is 23.2 Å². The molecule has 0 radical (unpaired) electrons. The first-order valence-electron chi connectivity index (χ1n) is 6.87. The van der Waals surface area contributed by atoms with Crippen LogP contribution in [0.5, 0.6) is 11.5 Å². The maximum absolute atomic E-state index is 12.2. The fourth-order valence-electron chi connectivity index (χ4n) is 1.90. The minimum absolute atomic E-state index is 0.154. The number of hydrogen-bond acceptors (Lipinski definition) is 4. The molecule has 7 heteroatoms. The van der Waals surface area contributed by atoms with Crippen LogP contribution in [0.3, 0.4) is 0 Å². The van der Waals surface area contributed by atoms with E-state index in [4.69, 9.17) is 27.9 Å². The Labute approximate surface area is 150 Å². The van der Waals surface area contributed by atoms with Gasteiger partial charge in [0.25, 0.3) is 0 Å². The molecule has 2 aromatic rings. The summed E-state index contributed by atoms with van der Waals surface area (Å²) in [7, 11) is -3.24. The second-order valence-corrected chi connectivity index (χ2v) is 8.72. The molecule has 2 rings (SSSR count). The van der Waals surface area contributed by atoms with Crippen molar-refractivity contribution in [1.82, 2.24) is 0 Å². The fraction of sp³-hybridized carbons (Fsp3) is 0.250. The van der Waals surface area contributed by atoms with Crippen molar-refractivity contribution in [2.45, 2.75) is 11.3 Å². The Morgan fingerprint density at radius 3 is 2.26 bits per heavy atom. The van der Waals surface area contributed by atoms with Gasteiger partial charge in [0.1, 0.15) is 11.5 Å². The van der Waals surface area contributed by atoms with Crippen molar-refractivity contribution in [1.29, 1.82) is 0 Å². The Morgan fingerprint density at radius 1 is 1.00 bits per heavy atom. The van der Waals surface area contributed by atoms with Crippen LogP contribution in [0.25, 0.3) is 0 Å². The second kappa shape index (κ2) is 8.29. The van der Waals surface area contributed by atoms with Gasteiger partial charge in [-0.15, -0.1) is 0 Å². The van der Waals surface area contributed by atoms with Crippen LogP contribution in [0.1, 0.15) is 6.42 Å². The van der Waals surface area contributed by atoms with E-state index in [1.54, 1.807) is 54.2 Å². The zero-order valence-electron chi connectivity index (χ0n) is 12.5. The van der Waals surface area contributed by atoms with E-state index in [0.717, 1.165) is 5.75 Å². The van der Waals surface area contributed by atoms with E-state index in [1.165, 1.54) is 0 Å². The summed E-state index contributed by atoms with van der Waals surface area (Å²) in [6, 6.07) is 11.3. The Balaban J connectivity index is 2.08. The zero-order valence-corrected chi connectivity index (χ0v) is 15.6. The third-order valence-corrected chi connectivity index (χ3v) is 6.32. The van der Waals surface area contributed by atoms with Crippen LogP contribution in [0.2, 0.25) is 10.0 Å². The molecule has 0 saturated heterocycles. The van der Waals surface area contributed by atoms with Crippen LogP contribution in [0.15, 0.2) is 47.4 Å². The molecule has 0 aliphatic carbocycles. The Hall–Kier alpha value is -0.880. The summed E-state index contributed by atoms with van der Waals surface area (Å²) in [5.41, 5.74) is 0. The van der Waals surface area contributed by atoms with Crippen molar-refractivity contribution in [2.24, 2.45) is 0 Å². The number of thioether (sulfide) groups is 1. The molecule has 0 fully saturated rings. The van der Waals surface area contributed by atoms with Crippen LogP contribution in [0, 0.1) is 0 Å². The van der Waals surface area contributed by atoms with Gasteiger partial charge in [0.15, 0.2) is 9.84 Å². The Morgan fingerprint density at radius 2 is 1.65 bits per heavy atom. The third kappa shape index (κ3) is 5.31. The lowest BCUT2D eigenvalue weighted by Gasteiger charge is -2.08. The van der Waals surface area contributed by atoms with Gasteiger partial charge in [-0.2, -0.15) is 11.8 Å². The third-order valence-electron chi connectivity index (χ3n) is 3.07. The van der Waals surface area contributed by atoms with Gasteiger partial charge in [0, 0.05) is 6.07 Å². The quantitative estimate of drug-likeness (QED) is 0.600. The molecule has 0 unspecified atom stereocenters. The molecule has 0 heterocycles. The number of ether oxygens (including phenoxy) is 1. The summed E-state index contributed by atoms with van der Waals surface area (Å²) in [6.07, 6.45) is 2.60. The predicted octanol–water partition coefficient (Wildman–Crippen LogP) is 5.31. The monoisotopic (exact) mass is 390 g/mol. The predicted molar refractivity (Wildman–Crippen MR) is 98.0 cm³/mol. The summed E-state index contributed by atoms with van der Waals surface area (Å²) in [5, 5.41) is 0.850. The fourth-order valence-corrected chi connectivity index (χ4v) is 4.12. The first-order chi connectivity index (χ1) is 10.9. The van der Waals surface area contributed by atoms with Crippen LogP contribution >= 0.6 is 35.0 Å². The molecule has 0 aromatic heterocycles. The van der Waals surface area contributed by atoms with Gasteiger partial charge >= 0.3 is 0 Å². The van der Waals surface area contributed by atoms with Crippen molar-refractivity contribution in [3.63, 3.8) is 0 Å². The molecule has 0 spiro atoms. The molecule has 0 amide bonds. The topological polar surface area (TPSA) is 43.4 Å². The molecule has 0 saturated carbocycles. The number of hydrogen-bond donors (Lipinski definition) is 0. The first kappa shape index (κ1) is 18.5. The van der Waals surface area contributed by atoms with Gasteiger partial charge < -0.3 is 4.74 Å². The lowest BCUT2D eigenvalue weighted by Crippen LogP contribution is -2.07. The highest BCUT2D eigenvalue weighted by atomic mass is 35.5. The lowest BCUT2D eigenvalue weighted by atomic mass is 10.3. The van der Waals surface area contributed by atoms with Gasteiger partial charge in [0.05, 0.1) is 20.7 Å². The molecule has 23 heavy (non-hydrogen) atoms. The molecule has 3 nitrogen and oxygen atoms in total. The van der Waals surface area contributed by atoms with Crippen molar-refractivity contribution in [3.8, 4) is 11.5 Å². The molecular formula is C16H16Cl2O3S2. The molecule has 0 atom stereocenters. The minimum Gasteiger partial charge on any atom is -0.457 e. The first-order valence-corrected chi connectivity index (χ1v) is 10.7. The van der Waals surface area contributed by atoms with E-state index in [1.807, 2.05) is 6.26 Å². The summed E-state index contributed by atoms with van der Waals surface area (Å²) in [6.45, 7) is 0. The smallest absolute Gasteiger partial charge is 0.178 e. The Kier molecular flexibility index (Phi) is 6.65. The van der Waals surface area contributed by atoms with Crippen molar-refractivity contribution < 1.29 is 13.2 Å². The number of rotatable bonds is 7. The minimum atomic E-state index is -3.24. The van der Waals surface area contributed by atoms with Gasteiger partial charge in [0.2, 0.25) is 0 Å². The van der Waals surface area contributed by atoms with E-state index in [2.05, 4.69) is 0 Å². The molecule has 0 aliphatic rings. The van der Waals surface area contributed by atoms with Crippen molar-refractivity contribution >= 4 is 44.8 Å². The van der Waals surface area contributed by atoms with Crippen LogP contribution in [0.4, 0.5) is 0 Å². The summed E-state index contributed by atoms with van der Waals surface area (Å²) < 4.78 is 30.0. The highest BCUT2D eigenvalue weighted by Gasteiger charge is 2.14. The molecule has 0 bridgehead atoms. The second-order valence-electron chi connectivity index (χ2n) is 4.81. The molecule has 124 valence electrons. The maximum atomic E-state index is 12.2. The average molecular weight is 391 g/mol. The average Bonchev–Trinajstić information content (AvgIpc) is 2.52. The van der Waals surface area contributed by atoms with Crippen LogP contribution in [-0.2, 0) is 9.84 Å². The molecule has 2 aromatic carbocycles. The molecule has 0 aliphatic heterocycles. The summed E-state index contributed by atoms with van der Waals surface area (Å²) in [5.74, 6) is 2.06. The maximum Gasteiger partial charge on any atom is 0.178 e. The van der Waals surface area contributed by atoms with Gasteiger partial charge in [-0.25, -0.2) is 8.42 Å². The highest BCUT2D eigenvalue weighted by Crippen LogP contribution is 2.29. The summed E-state index contributed by atoms with van der Waals surface area (Å²) >= 11 is 13.4. The van der Waals surface area contributed by atoms with E-state index < -0.39 is 9.84 Å². The molecular weight excluding hydrogens is 375 g/mol. The van der Waals surface area contributed by atoms with E-state index in [0.29, 0.717) is 32.9 Å². The standard InChI is InChI=1S/C16H16Cl2O3S2/c1-22-9-2-10-23(19,20)14-6-3-12(4-7-14)21-13-5-8-15(17)16(18)11-13/h3-8,11H,2,9-10H2,1H3. The van der Waals surface area contributed by atoms with E-state index >= 15 is 0 Å². The number of benzene rings is 2. The highest BCUT2D eigenvalue weighted by molar-refractivity contribution is 7.98. The van der Waals surface area contributed by atoms with E-state index in [9.17, 15) is 8.42 Å². The normalized spacial score (nSPS) is 11.4. The van der Waals surface area contributed by atoms with Crippen molar-refractivity contribution in [2.75, 3.05) is 17.8 Å². The van der Waals surface area contributed by atoms with Gasteiger partial charge in [-0.05, 0) is 54.8 Å². The number of sulfone groups is 1. The SMILES string of the molecule is CSCCCS(=O)(=O)c1ccc(Oc2ccc(Cl)c(Cl)c2)cc1.